The van der Waals surface area contributed by atoms with Gasteiger partial charge < -0.3 is 0 Å². The molecular weight excluding hydrogens is 420 g/mol. The predicted molar refractivity (Wildman–Crippen MR) is 94.3 cm³/mol. The second kappa shape index (κ2) is 6.72. The Kier molecular flexibility index (Phi) is 4.89. The van der Waals surface area contributed by atoms with Gasteiger partial charge in [-0.3, -0.25) is 4.98 Å². The minimum Gasteiger partial charge on any atom is -0.265 e. The summed E-state index contributed by atoms with van der Waals surface area (Å²) in [6.07, 6.45) is -7.52. The van der Waals surface area contributed by atoms with E-state index < -0.39 is 27.6 Å². The Balaban J connectivity index is 2.26. The zero-order valence-electron chi connectivity index (χ0n) is 14.7. The maximum absolute atomic E-state index is 13.6. The van der Waals surface area contributed by atoms with Gasteiger partial charge in [-0.25, -0.2) is 8.42 Å². The molecule has 0 spiro atoms. The number of halogens is 6. The molecule has 0 aliphatic heterocycles. The van der Waals surface area contributed by atoms with Crippen molar-refractivity contribution < 1.29 is 34.8 Å². The van der Waals surface area contributed by atoms with Gasteiger partial charge >= 0.3 is 12.4 Å². The van der Waals surface area contributed by atoms with Crippen molar-refractivity contribution in [2.24, 2.45) is 5.41 Å². The molecule has 3 rings (SSSR count). The van der Waals surface area contributed by atoms with Gasteiger partial charge in [0, 0.05) is 18.6 Å². The summed E-state index contributed by atoms with van der Waals surface area (Å²) in [5.41, 5.74) is -4.59. The van der Waals surface area contributed by atoms with Crippen LogP contribution in [-0.2, 0) is 9.84 Å². The van der Waals surface area contributed by atoms with Crippen molar-refractivity contribution in [3.8, 4) is 0 Å². The first-order valence-electron chi connectivity index (χ1n) is 8.07. The lowest BCUT2D eigenvalue weighted by Gasteiger charge is -2.30. The van der Waals surface area contributed by atoms with Crippen LogP contribution in [-0.4, -0.2) is 32.0 Å². The van der Waals surface area contributed by atoms with Gasteiger partial charge in [-0.05, 0) is 58.7 Å². The van der Waals surface area contributed by atoms with Crippen LogP contribution < -0.4 is 0 Å². The first kappa shape index (κ1) is 21.1. The summed E-state index contributed by atoms with van der Waals surface area (Å²) in [6, 6.07) is 7.23. The van der Waals surface area contributed by atoms with E-state index >= 15 is 0 Å². The van der Waals surface area contributed by atoms with E-state index in [9.17, 15) is 34.8 Å². The van der Waals surface area contributed by atoms with Crippen molar-refractivity contribution in [2.45, 2.75) is 17.2 Å². The lowest BCUT2D eigenvalue weighted by atomic mass is 9.87. The Hall–Kier alpha value is -2.62. The van der Waals surface area contributed by atoms with Gasteiger partial charge in [-0.15, -0.1) is 0 Å². The molecule has 0 atom stereocenters. The molecule has 0 saturated heterocycles. The molecule has 2 aromatic rings. The zero-order valence-corrected chi connectivity index (χ0v) is 15.5. The normalized spacial score (nSPS) is 17.1. The molecule has 0 fully saturated rings. The molecule has 1 aliphatic carbocycles. The Morgan fingerprint density at radius 3 is 1.55 bits per heavy atom. The largest absolute Gasteiger partial charge is 0.410 e. The number of allylic oxidation sites excluding steroid dienone is 4. The molecule has 10 heteroatoms. The molecule has 0 unspecified atom stereocenters. The maximum Gasteiger partial charge on any atom is 0.410 e. The summed E-state index contributed by atoms with van der Waals surface area (Å²) < 4.78 is 105. The molecule has 1 aromatic carbocycles. The molecule has 0 amide bonds. The van der Waals surface area contributed by atoms with Gasteiger partial charge in [-0.2, -0.15) is 26.3 Å². The number of rotatable bonds is 3. The number of alkyl halides is 6. The SMILES string of the molecule is CS(=O)(=O)c1ccc(C2=CC(C(F)(F)F)(C(F)(F)F)C=C2c2ccncc2)cc1. The third kappa shape index (κ3) is 3.68. The number of sulfone groups is 1. The number of benzene rings is 1. The summed E-state index contributed by atoms with van der Waals surface area (Å²) in [7, 11) is -3.58. The minimum absolute atomic E-state index is 0.0239. The Morgan fingerprint density at radius 2 is 1.17 bits per heavy atom. The fourth-order valence-electron chi connectivity index (χ4n) is 3.03. The van der Waals surface area contributed by atoms with Crippen LogP contribution in [0, 0.1) is 5.41 Å². The van der Waals surface area contributed by atoms with E-state index in [-0.39, 0.29) is 39.3 Å². The van der Waals surface area contributed by atoms with Crippen molar-refractivity contribution in [1.29, 1.82) is 0 Å². The highest BCUT2D eigenvalue weighted by Gasteiger charge is 2.70. The zero-order chi connectivity index (χ0) is 21.7. The van der Waals surface area contributed by atoms with E-state index in [1.165, 1.54) is 36.7 Å². The second-order valence-corrected chi connectivity index (χ2v) is 8.53. The molecule has 0 N–H and O–H groups in total. The molecule has 1 aliphatic rings. The lowest BCUT2D eigenvalue weighted by molar-refractivity contribution is -0.301. The second-order valence-electron chi connectivity index (χ2n) is 6.51. The first-order valence-corrected chi connectivity index (χ1v) is 9.96. The van der Waals surface area contributed by atoms with Crippen LogP contribution in [0.3, 0.4) is 0 Å². The van der Waals surface area contributed by atoms with Gasteiger partial charge in [0.05, 0.1) is 4.90 Å². The fraction of sp³-hybridized carbons (Fsp3) is 0.211. The summed E-state index contributed by atoms with van der Waals surface area (Å²) in [4.78, 5) is 3.62. The molecule has 1 heterocycles. The molecule has 1 aromatic heterocycles. The van der Waals surface area contributed by atoms with Crippen LogP contribution in [0.25, 0.3) is 11.1 Å². The van der Waals surface area contributed by atoms with Crippen LogP contribution in [0.15, 0.2) is 65.8 Å². The minimum atomic E-state index is -5.63. The molecule has 154 valence electrons. The Labute approximate surface area is 162 Å². The van der Waals surface area contributed by atoms with Crippen LogP contribution in [0.1, 0.15) is 11.1 Å². The summed E-state index contributed by atoms with van der Waals surface area (Å²) in [5.74, 6) is 0. The third-order valence-electron chi connectivity index (χ3n) is 4.56. The number of nitrogens with zero attached hydrogens (tertiary/aromatic N) is 1. The smallest absolute Gasteiger partial charge is 0.265 e. The monoisotopic (exact) mass is 433 g/mol. The molecular formula is C19H13F6NO2S. The third-order valence-corrected chi connectivity index (χ3v) is 5.69. The van der Waals surface area contributed by atoms with E-state index in [0.717, 1.165) is 18.4 Å². The number of hydrogen-bond acceptors (Lipinski definition) is 3. The Morgan fingerprint density at radius 1 is 0.759 bits per heavy atom. The van der Waals surface area contributed by atoms with Crippen LogP contribution in [0.4, 0.5) is 26.3 Å². The topological polar surface area (TPSA) is 47.0 Å². The summed E-state index contributed by atoms with van der Waals surface area (Å²) in [5, 5.41) is 0. The lowest BCUT2D eigenvalue weighted by Crippen LogP contribution is -2.46. The molecule has 0 radical (unpaired) electrons. The molecule has 3 nitrogen and oxygen atoms in total. The summed E-state index contributed by atoms with van der Waals surface area (Å²) in [6.45, 7) is 0. The van der Waals surface area contributed by atoms with Gasteiger partial charge in [0.15, 0.2) is 15.3 Å². The number of aromatic nitrogens is 1. The van der Waals surface area contributed by atoms with E-state index in [4.69, 9.17) is 0 Å². The van der Waals surface area contributed by atoms with Crippen LogP contribution in [0.2, 0.25) is 0 Å². The fourth-order valence-corrected chi connectivity index (χ4v) is 3.66. The first-order chi connectivity index (χ1) is 13.3. The molecule has 0 bridgehead atoms. The van der Waals surface area contributed by atoms with Crippen molar-refractivity contribution in [3.05, 3.63) is 72.1 Å². The summed E-state index contributed by atoms with van der Waals surface area (Å²) >= 11 is 0. The van der Waals surface area contributed by atoms with Gasteiger partial charge in [0.25, 0.3) is 0 Å². The van der Waals surface area contributed by atoms with Gasteiger partial charge in [0.2, 0.25) is 0 Å². The highest BCUT2D eigenvalue weighted by atomic mass is 32.2. The molecule has 29 heavy (non-hydrogen) atoms. The highest BCUT2D eigenvalue weighted by molar-refractivity contribution is 7.90. The van der Waals surface area contributed by atoms with E-state index in [0.29, 0.717) is 0 Å². The van der Waals surface area contributed by atoms with Gasteiger partial charge in [-0.1, -0.05) is 12.1 Å². The van der Waals surface area contributed by atoms with Crippen LogP contribution >= 0.6 is 0 Å². The Bertz CT molecular complexity index is 1070. The predicted octanol–water partition coefficient (Wildman–Crippen LogP) is 5.08. The van der Waals surface area contributed by atoms with E-state index in [1.807, 2.05) is 0 Å². The standard InChI is InChI=1S/C19H13F6NO2S/c1-29(27,28)14-4-2-12(3-5-14)15-10-17(18(20,21)22,19(23,24)25)11-16(15)13-6-8-26-9-7-13/h2-11H,1H3. The van der Waals surface area contributed by atoms with Crippen molar-refractivity contribution in [2.75, 3.05) is 6.26 Å². The highest BCUT2D eigenvalue weighted by Crippen LogP contribution is 2.59. The van der Waals surface area contributed by atoms with Crippen LogP contribution in [0.5, 0.6) is 0 Å². The average molecular weight is 433 g/mol. The number of pyridine rings is 1. The number of hydrogen-bond donors (Lipinski definition) is 0. The molecule has 0 saturated carbocycles. The van der Waals surface area contributed by atoms with Crippen molar-refractivity contribution in [1.82, 2.24) is 4.98 Å². The van der Waals surface area contributed by atoms with Gasteiger partial charge in [0.1, 0.15) is 0 Å². The van der Waals surface area contributed by atoms with E-state index in [1.54, 1.807) is 0 Å². The quantitative estimate of drug-likeness (QED) is 0.635. The van der Waals surface area contributed by atoms with E-state index in [2.05, 4.69) is 4.98 Å². The maximum atomic E-state index is 13.6. The van der Waals surface area contributed by atoms with Crippen molar-refractivity contribution >= 4 is 21.0 Å². The van der Waals surface area contributed by atoms with Crippen molar-refractivity contribution in [3.63, 3.8) is 0 Å². The average Bonchev–Trinajstić information content (AvgIpc) is 3.04.